The summed E-state index contributed by atoms with van der Waals surface area (Å²) in [7, 11) is 1.49. The van der Waals surface area contributed by atoms with Crippen molar-refractivity contribution in [2.75, 3.05) is 7.11 Å². The third-order valence-corrected chi connectivity index (χ3v) is 2.64. The number of rotatable bonds is 4. The Labute approximate surface area is 100.0 Å². The summed E-state index contributed by atoms with van der Waals surface area (Å²) >= 11 is 6.04. The van der Waals surface area contributed by atoms with E-state index in [1.807, 2.05) is 26.0 Å². The lowest BCUT2D eigenvalue weighted by atomic mass is 9.99. The van der Waals surface area contributed by atoms with E-state index >= 15 is 0 Å². The maximum Gasteiger partial charge on any atom is 0.307 e. The summed E-state index contributed by atoms with van der Waals surface area (Å²) in [5.41, 5.74) is 1.63. The Balaban J connectivity index is 3.24. The minimum atomic E-state index is -0.893. The number of carbonyl (C=O) groups is 1. The summed E-state index contributed by atoms with van der Waals surface area (Å²) in [4.78, 5) is 10.7. The first-order valence-electron chi connectivity index (χ1n) is 5.03. The highest BCUT2D eigenvalue weighted by Crippen LogP contribution is 2.33. The van der Waals surface area contributed by atoms with Crippen LogP contribution in [0.3, 0.4) is 0 Å². The van der Waals surface area contributed by atoms with Gasteiger partial charge in [0.05, 0.1) is 18.6 Å². The Bertz CT molecular complexity index is 399. The van der Waals surface area contributed by atoms with Gasteiger partial charge in [-0.15, -0.1) is 0 Å². The molecule has 0 spiro atoms. The third-order valence-electron chi connectivity index (χ3n) is 2.36. The summed E-state index contributed by atoms with van der Waals surface area (Å²) < 4.78 is 5.12. The van der Waals surface area contributed by atoms with E-state index in [1.165, 1.54) is 7.11 Å². The second kappa shape index (κ2) is 5.21. The van der Waals surface area contributed by atoms with E-state index in [0.29, 0.717) is 22.3 Å². The molecular formula is C12H15ClO3. The normalized spacial score (nSPS) is 10.6. The van der Waals surface area contributed by atoms with Crippen molar-refractivity contribution in [1.82, 2.24) is 0 Å². The number of hydrogen-bond acceptors (Lipinski definition) is 2. The topological polar surface area (TPSA) is 46.5 Å². The number of halogens is 1. The fourth-order valence-electron chi connectivity index (χ4n) is 1.53. The monoisotopic (exact) mass is 242 g/mol. The number of carboxylic acids is 1. The van der Waals surface area contributed by atoms with Gasteiger partial charge in [-0.25, -0.2) is 0 Å². The number of benzene rings is 1. The van der Waals surface area contributed by atoms with Gasteiger partial charge in [0.1, 0.15) is 5.75 Å². The average Bonchev–Trinajstić information content (AvgIpc) is 2.16. The Morgan fingerprint density at radius 3 is 2.56 bits per heavy atom. The summed E-state index contributed by atoms with van der Waals surface area (Å²) in [5, 5.41) is 9.27. The fraction of sp³-hybridized carbons (Fsp3) is 0.417. The lowest BCUT2D eigenvalue weighted by molar-refractivity contribution is -0.136. The van der Waals surface area contributed by atoms with Gasteiger partial charge >= 0.3 is 5.97 Å². The second-order valence-electron chi connectivity index (χ2n) is 3.92. The van der Waals surface area contributed by atoms with E-state index < -0.39 is 5.97 Å². The number of aliphatic carboxylic acids is 1. The van der Waals surface area contributed by atoms with Crippen LogP contribution in [0.4, 0.5) is 0 Å². The Morgan fingerprint density at radius 1 is 1.50 bits per heavy atom. The van der Waals surface area contributed by atoms with Gasteiger partial charge in [-0.2, -0.15) is 0 Å². The van der Waals surface area contributed by atoms with Crippen molar-refractivity contribution >= 4 is 17.6 Å². The van der Waals surface area contributed by atoms with Crippen LogP contribution in [0.1, 0.15) is 30.9 Å². The van der Waals surface area contributed by atoms with Gasteiger partial charge in [-0.3, -0.25) is 4.79 Å². The minimum Gasteiger partial charge on any atom is -0.495 e. The molecule has 0 atom stereocenters. The average molecular weight is 243 g/mol. The maximum absolute atomic E-state index is 10.7. The van der Waals surface area contributed by atoms with Gasteiger partial charge in [-0.1, -0.05) is 31.5 Å². The van der Waals surface area contributed by atoms with Gasteiger partial charge in [-0.05, 0) is 17.5 Å². The predicted octanol–water partition coefficient (Wildman–Crippen LogP) is 3.10. The van der Waals surface area contributed by atoms with Crippen LogP contribution in [-0.2, 0) is 11.2 Å². The zero-order valence-corrected chi connectivity index (χ0v) is 10.3. The molecule has 0 saturated carbocycles. The van der Waals surface area contributed by atoms with E-state index in [1.54, 1.807) is 0 Å². The van der Waals surface area contributed by atoms with E-state index in [4.69, 9.17) is 21.4 Å². The first kappa shape index (κ1) is 12.8. The van der Waals surface area contributed by atoms with Crippen LogP contribution in [0.25, 0.3) is 0 Å². The molecule has 0 unspecified atom stereocenters. The molecule has 0 fully saturated rings. The van der Waals surface area contributed by atoms with Crippen molar-refractivity contribution in [2.45, 2.75) is 26.2 Å². The highest BCUT2D eigenvalue weighted by Gasteiger charge is 2.14. The highest BCUT2D eigenvalue weighted by atomic mass is 35.5. The van der Waals surface area contributed by atoms with Crippen LogP contribution in [0.5, 0.6) is 5.75 Å². The first-order valence-corrected chi connectivity index (χ1v) is 5.41. The van der Waals surface area contributed by atoms with E-state index in [0.717, 1.165) is 5.56 Å². The van der Waals surface area contributed by atoms with Crippen LogP contribution in [0, 0.1) is 0 Å². The molecule has 16 heavy (non-hydrogen) atoms. The Hall–Kier alpha value is -1.22. The zero-order valence-electron chi connectivity index (χ0n) is 9.58. The molecule has 3 nitrogen and oxygen atoms in total. The quantitative estimate of drug-likeness (QED) is 0.883. The number of ether oxygens (including phenoxy) is 1. The maximum atomic E-state index is 10.7. The minimum absolute atomic E-state index is 0.0799. The summed E-state index contributed by atoms with van der Waals surface area (Å²) in [6, 6.07) is 3.65. The van der Waals surface area contributed by atoms with Crippen molar-refractivity contribution < 1.29 is 14.6 Å². The van der Waals surface area contributed by atoms with Crippen LogP contribution in [0.15, 0.2) is 12.1 Å². The second-order valence-corrected chi connectivity index (χ2v) is 4.33. The highest BCUT2D eigenvalue weighted by molar-refractivity contribution is 6.32. The van der Waals surface area contributed by atoms with Crippen LogP contribution < -0.4 is 4.74 Å². The number of methoxy groups -OCH3 is 1. The van der Waals surface area contributed by atoms with Crippen LogP contribution >= 0.6 is 11.6 Å². The molecule has 0 aromatic heterocycles. The molecule has 1 aromatic carbocycles. The van der Waals surface area contributed by atoms with Crippen molar-refractivity contribution in [3.8, 4) is 5.75 Å². The molecule has 1 aromatic rings. The molecule has 0 aliphatic heterocycles. The lowest BCUT2D eigenvalue weighted by Gasteiger charge is -2.13. The lowest BCUT2D eigenvalue weighted by Crippen LogP contribution is -2.04. The zero-order chi connectivity index (χ0) is 12.3. The van der Waals surface area contributed by atoms with E-state index in [9.17, 15) is 4.79 Å². The Kier molecular flexibility index (Phi) is 4.19. The van der Waals surface area contributed by atoms with Crippen molar-refractivity contribution in [3.05, 3.63) is 28.3 Å². The van der Waals surface area contributed by atoms with Crippen LogP contribution in [-0.4, -0.2) is 18.2 Å². The van der Waals surface area contributed by atoms with Crippen LogP contribution in [0.2, 0.25) is 5.02 Å². The molecular weight excluding hydrogens is 228 g/mol. The molecule has 0 bridgehead atoms. The molecule has 88 valence electrons. The van der Waals surface area contributed by atoms with Gasteiger partial charge in [0.15, 0.2) is 0 Å². The first-order chi connectivity index (χ1) is 7.45. The summed E-state index contributed by atoms with van der Waals surface area (Å²) in [6.07, 6.45) is -0.0799. The molecule has 0 aliphatic rings. The van der Waals surface area contributed by atoms with Crippen molar-refractivity contribution in [2.24, 2.45) is 0 Å². The molecule has 0 radical (unpaired) electrons. The van der Waals surface area contributed by atoms with Crippen molar-refractivity contribution in [1.29, 1.82) is 0 Å². The fourth-order valence-corrected chi connectivity index (χ4v) is 1.85. The summed E-state index contributed by atoms with van der Waals surface area (Å²) in [5.74, 6) is -0.139. The number of hydrogen-bond donors (Lipinski definition) is 1. The molecule has 4 heteroatoms. The molecule has 0 aliphatic carbocycles. The standard InChI is InChI=1S/C12H15ClO3/c1-7(2)8-4-9(6-11(14)15)12(16-3)10(13)5-8/h4-5,7H,6H2,1-3H3,(H,14,15). The van der Waals surface area contributed by atoms with Crippen molar-refractivity contribution in [3.63, 3.8) is 0 Å². The van der Waals surface area contributed by atoms with E-state index in [2.05, 4.69) is 0 Å². The molecule has 0 saturated heterocycles. The SMILES string of the molecule is COc1c(Cl)cc(C(C)C)cc1CC(=O)O. The molecule has 0 heterocycles. The number of carboxylic acid groups (broad SMARTS) is 1. The van der Waals surface area contributed by atoms with E-state index in [-0.39, 0.29) is 6.42 Å². The molecule has 0 amide bonds. The van der Waals surface area contributed by atoms with Gasteiger partial charge in [0.25, 0.3) is 0 Å². The third kappa shape index (κ3) is 2.89. The van der Waals surface area contributed by atoms with Gasteiger partial charge < -0.3 is 9.84 Å². The Morgan fingerprint density at radius 2 is 2.12 bits per heavy atom. The largest absolute Gasteiger partial charge is 0.495 e. The summed E-state index contributed by atoms with van der Waals surface area (Å²) in [6.45, 7) is 4.06. The van der Waals surface area contributed by atoms with Gasteiger partial charge in [0, 0.05) is 5.56 Å². The molecule has 1 N–H and O–H groups in total. The smallest absolute Gasteiger partial charge is 0.307 e. The molecule has 1 rings (SSSR count). The predicted molar refractivity (Wildman–Crippen MR) is 63.4 cm³/mol. The van der Waals surface area contributed by atoms with Gasteiger partial charge in [0.2, 0.25) is 0 Å².